The molecular weight excluding hydrogens is 482 g/mol. The number of benzene rings is 2. The Morgan fingerprint density at radius 1 is 1.11 bits per heavy atom. The first-order valence-corrected chi connectivity index (χ1v) is 13.2. The summed E-state index contributed by atoms with van der Waals surface area (Å²) in [6.07, 6.45) is 0.844. The first kappa shape index (κ1) is 23.4. The Kier molecular flexibility index (Phi) is 6.79. The van der Waals surface area contributed by atoms with Crippen molar-refractivity contribution in [2.75, 3.05) is 19.0 Å². The second-order valence-corrected chi connectivity index (χ2v) is 10.4. The topological polar surface area (TPSA) is 82.4 Å². The second kappa shape index (κ2) is 10.1. The summed E-state index contributed by atoms with van der Waals surface area (Å²) in [5, 5.41) is 4.09. The fraction of sp³-hybridized carbons (Fsp3) is 0.269. The lowest BCUT2D eigenvalue weighted by Crippen LogP contribution is -2.26. The maximum Gasteiger partial charge on any atom is 0.267 e. The van der Waals surface area contributed by atoms with Crippen LogP contribution < -0.4 is 20.3 Å². The average molecular weight is 508 g/mol. The predicted molar refractivity (Wildman–Crippen MR) is 139 cm³/mol. The van der Waals surface area contributed by atoms with Gasteiger partial charge in [-0.1, -0.05) is 36.0 Å². The normalized spacial score (nSPS) is 13.0. The number of aromatic nitrogens is 2. The standard InChI is InChI=1S/C26H25N3O4S2/c1-16-17(2)35-24-23(16)25(31)29(19-7-4-3-5-8-19)26(28-24)34-15-22(30)27-14-18-9-10-20-21(13-18)33-12-6-11-32-20/h3-5,7-10,13H,6,11-12,14-15H2,1-2H3,(H,27,30). The molecule has 3 heterocycles. The number of para-hydroxylation sites is 1. The van der Waals surface area contributed by atoms with Gasteiger partial charge in [0.2, 0.25) is 5.91 Å². The number of aryl methyl sites for hydroxylation is 2. The third-order valence-electron chi connectivity index (χ3n) is 5.82. The van der Waals surface area contributed by atoms with E-state index in [1.54, 1.807) is 4.57 Å². The van der Waals surface area contributed by atoms with E-state index in [0.717, 1.165) is 33.9 Å². The summed E-state index contributed by atoms with van der Waals surface area (Å²) < 4.78 is 13.0. The van der Waals surface area contributed by atoms with Gasteiger partial charge in [-0.2, -0.15) is 0 Å². The van der Waals surface area contributed by atoms with Crippen LogP contribution in [0.3, 0.4) is 0 Å². The molecule has 2 aromatic carbocycles. The highest BCUT2D eigenvalue weighted by molar-refractivity contribution is 7.99. The minimum atomic E-state index is -0.144. The molecule has 1 amide bonds. The van der Waals surface area contributed by atoms with Crippen LogP contribution in [0, 0.1) is 13.8 Å². The van der Waals surface area contributed by atoms with Crippen molar-refractivity contribution in [3.05, 3.63) is 74.9 Å². The third-order valence-corrected chi connectivity index (χ3v) is 7.86. The summed E-state index contributed by atoms with van der Waals surface area (Å²) in [6.45, 7) is 5.57. The molecule has 0 spiro atoms. The molecule has 2 aromatic heterocycles. The number of nitrogens with one attached hydrogen (secondary N) is 1. The molecule has 35 heavy (non-hydrogen) atoms. The van der Waals surface area contributed by atoms with E-state index in [2.05, 4.69) is 5.32 Å². The minimum Gasteiger partial charge on any atom is -0.490 e. The summed E-state index contributed by atoms with van der Waals surface area (Å²) in [4.78, 5) is 32.7. The Hall–Kier alpha value is -3.30. The first-order valence-electron chi connectivity index (χ1n) is 11.4. The van der Waals surface area contributed by atoms with Gasteiger partial charge in [-0.25, -0.2) is 4.98 Å². The maximum atomic E-state index is 13.5. The van der Waals surface area contributed by atoms with Crippen LogP contribution in [0.5, 0.6) is 11.5 Å². The van der Waals surface area contributed by atoms with Crippen molar-refractivity contribution >= 4 is 39.2 Å². The summed E-state index contributed by atoms with van der Waals surface area (Å²) >= 11 is 2.76. The fourth-order valence-corrected chi connectivity index (χ4v) is 5.79. The number of nitrogens with zero attached hydrogens (tertiary/aromatic N) is 2. The molecular formula is C26H25N3O4S2. The quantitative estimate of drug-likeness (QED) is 0.303. The summed E-state index contributed by atoms with van der Waals surface area (Å²) in [5.74, 6) is 1.43. The van der Waals surface area contributed by atoms with E-state index in [-0.39, 0.29) is 17.2 Å². The molecule has 0 bridgehead atoms. The molecule has 0 aliphatic carbocycles. The smallest absolute Gasteiger partial charge is 0.267 e. The van der Waals surface area contributed by atoms with Crippen molar-refractivity contribution in [2.45, 2.75) is 32.0 Å². The number of ether oxygens (including phenoxy) is 2. The molecule has 180 valence electrons. The highest BCUT2D eigenvalue weighted by atomic mass is 32.2. The van der Waals surface area contributed by atoms with E-state index in [4.69, 9.17) is 14.5 Å². The van der Waals surface area contributed by atoms with E-state index in [1.807, 2.05) is 62.4 Å². The van der Waals surface area contributed by atoms with Crippen molar-refractivity contribution in [1.29, 1.82) is 0 Å². The fourth-order valence-electron chi connectivity index (χ4n) is 3.88. The summed E-state index contributed by atoms with van der Waals surface area (Å²) in [5.41, 5.74) is 2.50. The lowest BCUT2D eigenvalue weighted by molar-refractivity contribution is -0.118. The summed E-state index contributed by atoms with van der Waals surface area (Å²) in [6, 6.07) is 15.1. The maximum absolute atomic E-state index is 13.5. The summed E-state index contributed by atoms with van der Waals surface area (Å²) in [7, 11) is 0. The van der Waals surface area contributed by atoms with Crippen LogP contribution in [0.1, 0.15) is 22.4 Å². The van der Waals surface area contributed by atoms with Gasteiger partial charge in [-0.05, 0) is 49.2 Å². The lowest BCUT2D eigenvalue weighted by atomic mass is 10.2. The molecule has 1 N–H and O–H groups in total. The number of fused-ring (bicyclic) bond motifs is 2. The van der Waals surface area contributed by atoms with Gasteiger partial charge in [0.1, 0.15) is 4.83 Å². The van der Waals surface area contributed by atoms with Gasteiger partial charge in [-0.3, -0.25) is 14.2 Å². The van der Waals surface area contributed by atoms with E-state index < -0.39 is 0 Å². The number of hydrogen-bond donors (Lipinski definition) is 1. The largest absolute Gasteiger partial charge is 0.490 e. The number of thioether (sulfide) groups is 1. The van der Waals surface area contributed by atoms with E-state index in [0.29, 0.717) is 40.9 Å². The Morgan fingerprint density at radius 2 is 1.89 bits per heavy atom. The zero-order valence-corrected chi connectivity index (χ0v) is 21.1. The molecule has 0 saturated heterocycles. The molecule has 7 nitrogen and oxygen atoms in total. The number of hydrogen-bond acceptors (Lipinski definition) is 7. The SMILES string of the molecule is Cc1sc2nc(SCC(=O)NCc3ccc4c(c3)OCCCO4)n(-c3ccccc3)c(=O)c2c1C. The molecule has 1 aliphatic rings. The molecule has 1 aliphatic heterocycles. The molecule has 0 radical (unpaired) electrons. The molecule has 5 rings (SSSR count). The average Bonchev–Trinajstić information content (AvgIpc) is 3.01. The third kappa shape index (κ3) is 4.92. The van der Waals surface area contributed by atoms with Crippen molar-refractivity contribution in [1.82, 2.24) is 14.9 Å². The molecule has 0 saturated carbocycles. The van der Waals surface area contributed by atoms with Gasteiger partial charge in [-0.15, -0.1) is 11.3 Å². The first-order chi connectivity index (χ1) is 17.0. The van der Waals surface area contributed by atoms with Crippen LogP contribution >= 0.6 is 23.1 Å². The number of amides is 1. The highest BCUT2D eigenvalue weighted by Gasteiger charge is 2.19. The molecule has 0 fully saturated rings. The molecule has 0 unspecified atom stereocenters. The monoisotopic (exact) mass is 507 g/mol. The highest BCUT2D eigenvalue weighted by Crippen LogP contribution is 2.31. The molecule has 4 aromatic rings. The van der Waals surface area contributed by atoms with E-state index in [1.165, 1.54) is 23.1 Å². The van der Waals surface area contributed by atoms with Gasteiger partial charge in [0.05, 0.1) is 30.0 Å². The number of rotatable bonds is 6. The zero-order valence-electron chi connectivity index (χ0n) is 19.5. The van der Waals surface area contributed by atoms with Crippen molar-refractivity contribution in [2.24, 2.45) is 0 Å². The van der Waals surface area contributed by atoms with Gasteiger partial charge in [0, 0.05) is 17.8 Å². The predicted octanol–water partition coefficient (Wildman–Crippen LogP) is 4.63. The van der Waals surface area contributed by atoms with Crippen LogP contribution in [0.25, 0.3) is 15.9 Å². The van der Waals surface area contributed by atoms with Gasteiger partial charge in [0.25, 0.3) is 5.56 Å². The van der Waals surface area contributed by atoms with Crippen LogP contribution in [-0.4, -0.2) is 34.4 Å². The number of thiophene rings is 1. The van der Waals surface area contributed by atoms with Crippen LogP contribution in [-0.2, 0) is 11.3 Å². The van der Waals surface area contributed by atoms with Gasteiger partial charge in [0.15, 0.2) is 16.7 Å². The Balaban J connectivity index is 1.34. The van der Waals surface area contributed by atoms with E-state index >= 15 is 0 Å². The van der Waals surface area contributed by atoms with Crippen LogP contribution in [0.15, 0.2) is 58.5 Å². The second-order valence-electron chi connectivity index (χ2n) is 8.23. The van der Waals surface area contributed by atoms with Crippen LogP contribution in [0.4, 0.5) is 0 Å². The van der Waals surface area contributed by atoms with Gasteiger partial charge < -0.3 is 14.8 Å². The lowest BCUT2D eigenvalue weighted by Gasteiger charge is -2.13. The molecule has 9 heteroatoms. The van der Waals surface area contributed by atoms with E-state index in [9.17, 15) is 9.59 Å². The number of carbonyl (C=O) groups is 1. The van der Waals surface area contributed by atoms with Crippen LogP contribution in [0.2, 0.25) is 0 Å². The number of carbonyl (C=O) groups excluding carboxylic acids is 1. The Labute approximate surface area is 211 Å². The Bertz CT molecular complexity index is 1450. The molecule has 0 atom stereocenters. The Morgan fingerprint density at radius 3 is 2.69 bits per heavy atom. The van der Waals surface area contributed by atoms with Crippen molar-refractivity contribution in [3.63, 3.8) is 0 Å². The van der Waals surface area contributed by atoms with Crippen molar-refractivity contribution in [3.8, 4) is 17.2 Å². The zero-order chi connectivity index (χ0) is 24.4. The minimum absolute atomic E-state index is 0.113. The van der Waals surface area contributed by atoms with Crippen molar-refractivity contribution < 1.29 is 14.3 Å². The van der Waals surface area contributed by atoms with Gasteiger partial charge >= 0.3 is 0 Å².